The summed E-state index contributed by atoms with van der Waals surface area (Å²) in [5.74, 6) is -1.42. The molecule has 40 heavy (non-hydrogen) atoms. The molecule has 3 N–H and O–H groups in total. The first kappa shape index (κ1) is 28.0. The van der Waals surface area contributed by atoms with Crippen molar-refractivity contribution in [2.75, 3.05) is 39.1 Å². The van der Waals surface area contributed by atoms with Gasteiger partial charge in [-0.05, 0) is 25.0 Å². The quantitative estimate of drug-likeness (QED) is 0.410. The van der Waals surface area contributed by atoms with Crippen LogP contribution in [0.5, 0.6) is 5.88 Å². The normalized spacial score (nSPS) is 21.1. The van der Waals surface area contributed by atoms with Gasteiger partial charge in [0.25, 0.3) is 5.91 Å². The van der Waals surface area contributed by atoms with Gasteiger partial charge in [0, 0.05) is 38.1 Å². The molecular weight excluding hydrogens is 562 g/mol. The van der Waals surface area contributed by atoms with Crippen LogP contribution in [0.15, 0.2) is 24.7 Å². The maximum atomic E-state index is 14.9. The Hall–Kier alpha value is -3.57. The van der Waals surface area contributed by atoms with E-state index in [-0.39, 0.29) is 29.2 Å². The van der Waals surface area contributed by atoms with Gasteiger partial charge in [-0.15, -0.1) is 0 Å². The molecule has 3 aromatic rings. The van der Waals surface area contributed by atoms with E-state index in [9.17, 15) is 30.8 Å². The Kier molecular flexibility index (Phi) is 7.30. The van der Waals surface area contributed by atoms with E-state index in [2.05, 4.69) is 20.4 Å². The van der Waals surface area contributed by atoms with Crippen LogP contribution < -0.4 is 15.8 Å². The third-order valence-corrected chi connectivity index (χ3v) is 9.29. The van der Waals surface area contributed by atoms with Crippen LogP contribution in [0.1, 0.15) is 28.8 Å². The molecule has 2 atom stereocenters. The summed E-state index contributed by atoms with van der Waals surface area (Å²) in [7, 11) is -2.58. The van der Waals surface area contributed by atoms with Gasteiger partial charge in [0.15, 0.2) is 5.82 Å². The Morgan fingerprint density at radius 2 is 1.93 bits per heavy atom. The SMILES string of the molecule is COc1ncc(-c2cc(C(F)(F)F)c3c(N)ncnn23)cc1C(=O)N[C@@H]1CN(S(=O)(=O)C2CCOCC2)C[C@@H]1F. The number of alkyl halides is 4. The Balaban J connectivity index is 1.43. The number of halogens is 4. The molecule has 1 amide bonds. The lowest BCUT2D eigenvalue weighted by Crippen LogP contribution is -2.43. The molecule has 0 spiro atoms. The van der Waals surface area contributed by atoms with Gasteiger partial charge in [0.1, 0.15) is 23.6 Å². The van der Waals surface area contributed by atoms with Crippen LogP contribution in [0.25, 0.3) is 16.8 Å². The second-order valence-corrected chi connectivity index (χ2v) is 11.6. The zero-order chi connectivity index (χ0) is 28.8. The molecule has 2 fully saturated rings. The zero-order valence-corrected chi connectivity index (χ0v) is 21.9. The number of pyridine rings is 1. The molecule has 0 aromatic carbocycles. The van der Waals surface area contributed by atoms with E-state index in [0.29, 0.717) is 26.1 Å². The third-order valence-electron chi connectivity index (χ3n) is 6.95. The van der Waals surface area contributed by atoms with Crippen molar-refractivity contribution in [2.24, 2.45) is 0 Å². The van der Waals surface area contributed by atoms with E-state index >= 15 is 0 Å². The summed E-state index contributed by atoms with van der Waals surface area (Å²) in [6.07, 6.45) is -3.71. The number of carbonyl (C=O) groups is 1. The van der Waals surface area contributed by atoms with E-state index in [1.807, 2.05) is 0 Å². The summed E-state index contributed by atoms with van der Waals surface area (Å²) in [5, 5.41) is 5.67. The number of nitrogens with one attached hydrogen (secondary N) is 1. The lowest BCUT2D eigenvalue weighted by Gasteiger charge is -2.26. The molecule has 2 aliphatic heterocycles. The molecule has 0 bridgehead atoms. The Morgan fingerprint density at radius 1 is 1.20 bits per heavy atom. The van der Waals surface area contributed by atoms with Gasteiger partial charge in [-0.2, -0.15) is 22.6 Å². The first-order valence-corrected chi connectivity index (χ1v) is 13.7. The van der Waals surface area contributed by atoms with E-state index < -0.39 is 63.0 Å². The van der Waals surface area contributed by atoms with Crippen LogP contribution in [-0.4, -0.2) is 89.1 Å². The van der Waals surface area contributed by atoms with E-state index in [1.54, 1.807) is 0 Å². The van der Waals surface area contributed by atoms with Crippen molar-refractivity contribution in [1.29, 1.82) is 0 Å². The number of rotatable bonds is 6. The number of amides is 1. The number of methoxy groups -OCH3 is 1. The first-order valence-electron chi connectivity index (χ1n) is 12.2. The van der Waals surface area contributed by atoms with Crippen LogP contribution in [0.2, 0.25) is 0 Å². The van der Waals surface area contributed by atoms with Gasteiger partial charge in [-0.25, -0.2) is 27.3 Å². The maximum Gasteiger partial charge on any atom is 0.418 e. The molecule has 5 heterocycles. The average molecular weight is 588 g/mol. The highest BCUT2D eigenvalue weighted by atomic mass is 32.2. The highest BCUT2D eigenvalue weighted by Gasteiger charge is 2.43. The minimum Gasteiger partial charge on any atom is -0.480 e. The van der Waals surface area contributed by atoms with Crippen LogP contribution in [0, 0.1) is 0 Å². The minimum atomic E-state index is -4.78. The molecule has 2 aliphatic rings. The number of nitrogens with zero attached hydrogens (tertiary/aromatic N) is 5. The lowest BCUT2D eigenvalue weighted by atomic mass is 10.1. The van der Waals surface area contributed by atoms with Gasteiger partial charge in [0.05, 0.1) is 29.7 Å². The van der Waals surface area contributed by atoms with Crippen LogP contribution >= 0.6 is 0 Å². The molecule has 216 valence electrons. The van der Waals surface area contributed by atoms with Gasteiger partial charge in [-0.1, -0.05) is 0 Å². The Labute approximate surface area is 225 Å². The van der Waals surface area contributed by atoms with Crippen molar-refractivity contribution in [3.8, 4) is 17.1 Å². The minimum absolute atomic E-state index is 0.0569. The number of fused-ring (bicyclic) bond motifs is 1. The number of nitrogen functional groups attached to an aromatic ring is 1. The number of aromatic nitrogens is 4. The van der Waals surface area contributed by atoms with Gasteiger partial charge in [-0.3, -0.25) is 4.79 Å². The summed E-state index contributed by atoms with van der Waals surface area (Å²) in [6.45, 7) is -0.117. The molecule has 0 saturated carbocycles. The Bertz CT molecular complexity index is 1540. The second kappa shape index (κ2) is 10.4. The number of carbonyl (C=O) groups excluding carboxylic acids is 1. The number of anilines is 1. The fourth-order valence-electron chi connectivity index (χ4n) is 4.91. The second-order valence-electron chi connectivity index (χ2n) is 9.40. The van der Waals surface area contributed by atoms with E-state index in [0.717, 1.165) is 21.2 Å². The summed E-state index contributed by atoms with van der Waals surface area (Å²) >= 11 is 0. The summed E-state index contributed by atoms with van der Waals surface area (Å²) in [4.78, 5) is 20.9. The number of sulfonamides is 1. The van der Waals surface area contributed by atoms with Gasteiger partial charge >= 0.3 is 6.18 Å². The summed E-state index contributed by atoms with van der Waals surface area (Å²) in [6, 6.07) is 0.855. The van der Waals surface area contributed by atoms with Crippen molar-refractivity contribution in [3.63, 3.8) is 0 Å². The number of hydrogen-bond donors (Lipinski definition) is 2. The fraction of sp³-hybridized carbons (Fsp3) is 0.478. The topological polar surface area (TPSA) is 154 Å². The smallest absolute Gasteiger partial charge is 0.418 e. The van der Waals surface area contributed by atoms with Crippen LogP contribution in [-0.2, 0) is 20.9 Å². The van der Waals surface area contributed by atoms with Crippen molar-refractivity contribution < 1.29 is 40.2 Å². The molecular formula is C23H25F4N7O5S. The molecule has 0 unspecified atom stereocenters. The monoisotopic (exact) mass is 587 g/mol. The standard InChI is InChI=1S/C23H25F4N7O5S/c1-38-22-14(21(35)32-17-10-33(9-16(17)24)40(36,37)13-2-4-39-5-3-13)6-12(8-29-22)18-7-15(23(25,26)27)19-20(28)30-11-31-34(18)19/h6-8,11,13,16-17H,2-5,9-10H2,1H3,(H,32,35)(H2,28,30,31)/t16-,17+/m0/s1. The molecule has 3 aromatic heterocycles. The fourth-order valence-corrected chi connectivity index (χ4v) is 6.84. The summed E-state index contributed by atoms with van der Waals surface area (Å²) < 4.78 is 94.5. The molecule has 0 aliphatic carbocycles. The van der Waals surface area contributed by atoms with Crippen molar-refractivity contribution in [3.05, 3.63) is 35.8 Å². The Morgan fingerprint density at radius 3 is 2.60 bits per heavy atom. The van der Waals surface area contributed by atoms with Gasteiger partial charge in [0.2, 0.25) is 15.9 Å². The molecule has 2 saturated heterocycles. The van der Waals surface area contributed by atoms with Crippen LogP contribution in [0.3, 0.4) is 0 Å². The number of ether oxygens (including phenoxy) is 2. The van der Waals surface area contributed by atoms with Crippen molar-refractivity contribution in [1.82, 2.24) is 29.2 Å². The first-order chi connectivity index (χ1) is 18.9. The van der Waals surface area contributed by atoms with E-state index in [1.165, 1.54) is 19.4 Å². The predicted octanol–water partition coefficient (Wildman–Crippen LogP) is 1.66. The van der Waals surface area contributed by atoms with Crippen molar-refractivity contribution in [2.45, 2.75) is 36.5 Å². The maximum absolute atomic E-state index is 14.9. The average Bonchev–Trinajstić information content (AvgIpc) is 3.51. The molecule has 5 rings (SSSR count). The lowest BCUT2D eigenvalue weighted by molar-refractivity contribution is -0.136. The van der Waals surface area contributed by atoms with E-state index in [4.69, 9.17) is 15.2 Å². The van der Waals surface area contributed by atoms with Crippen LogP contribution in [0.4, 0.5) is 23.4 Å². The molecule has 0 radical (unpaired) electrons. The largest absolute Gasteiger partial charge is 0.480 e. The summed E-state index contributed by atoms with van der Waals surface area (Å²) in [5.41, 5.74) is 3.92. The van der Waals surface area contributed by atoms with Gasteiger partial charge < -0.3 is 20.5 Å². The highest BCUT2D eigenvalue weighted by Crippen LogP contribution is 2.39. The predicted molar refractivity (Wildman–Crippen MR) is 133 cm³/mol. The number of nitrogens with two attached hydrogens (primary N) is 1. The van der Waals surface area contributed by atoms with Crippen molar-refractivity contribution >= 4 is 27.3 Å². The highest BCUT2D eigenvalue weighted by molar-refractivity contribution is 7.89. The molecule has 17 heteroatoms. The number of hydrogen-bond acceptors (Lipinski definition) is 9. The zero-order valence-electron chi connectivity index (χ0n) is 21.1. The third kappa shape index (κ3) is 5.03. The molecule has 12 nitrogen and oxygen atoms in total.